The number of rotatable bonds is 6. The first kappa shape index (κ1) is 21.8. The van der Waals surface area contributed by atoms with E-state index < -0.39 is 10.8 Å². The second kappa shape index (κ2) is 9.40. The quantitative estimate of drug-likeness (QED) is 0.580. The predicted octanol–water partition coefficient (Wildman–Crippen LogP) is 4.99. The number of benzene rings is 2. The van der Waals surface area contributed by atoms with Crippen LogP contribution in [-0.2, 0) is 22.1 Å². The van der Waals surface area contributed by atoms with Crippen LogP contribution in [0, 0.1) is 5.82 Å². The van der Waals surface area contributed by atoms with Gasteiger partial charge in [0.1, 0.15) is 5.82 Å². The van der Waals surface area contributed by atoms with Gasteiger partial charge in [0, 0.05) is 40.9 Å². The zero-order valence-corrected chi connectivity index (χ0v) is 18.7. The Labute approximate surface area is 189 Å². The Morgan fingerprint density at radius 2 is 1.78 bits per heavy atom. The van der Waals surface area contributed by atoms with Crippen molar-refractivity contribution in [1.82, 2.24) is 10.3 Å². The van der Waals surface area contributed by atoms with E-state index >= 15 is 0 Å². The number of halogens is 1. The lowest BCUT2D eigenvalue weighted by atomic mass is 10.0. The van der Waals surface area contributed by atoms with Crippen LogP contribution in [0.15, 0.2) is 77.5 Å². The molecule has 0 aliphatic heterocycles. The molecule has 0 fully saturated rings. The predicted molar refractivity (Wildman–Crippen MR) is 126 cm³/mol. The number of carbonyl (C=O) groups is 1. The van der Waals surface area contributed by atoms with Gasteiger partial charge < -0.3 is 5.32 Å². The first-order valence-electron chi connectivity index (χ1n) is 10.2. The summed E-state index contributed by atoms with van der Waals surface area (Å²) in [4.78, 5) is 17.4. The Morgan fingerprint density at radius 1 is 1.06 bits per heavy atom. The molecule has 1 aromatic heterocycles. The molecule has 162 valence electrons. The van der Waals surface area contributed by atoms with Gasteiger partial charge >= 0.3 is 0 Å². The number of pyridine rings is 1. The van der Waals surface area contributed by atoms with Crippen LogP contribution in [0.5, 0.6) is 0 Å². The van der Waals surface area contributed by atoms with Gasteiger partial charge in [-0.15, -0.1) is 0 Å². The van der Waals surface area contributed by atoms with E-state index in [4.69, 9.17) is 0 Å². The van der Waals surface area contributed by atoms with Gasteiger partial charge in [0.2, 0.25) is 5.91 Å². The Morgan fingerprint density at radius 3 is 2.47 bits per heavy atom. The van der Waals surface area contributed by atoms with Crippen molar-refractivity contribution in [3.05, 3.63) is 101 Å². The van der Waals surface area contributed by atoms with E-state index in [1.54, 1.807) is 24.7 Å². The van der Waals surface area contributed by atoms with Crippen molar-refractivity contribution in [3.8, 4) is 0 Å². The number of amides is 1. The zero-order valence-electron chi connectivity index (χ0n) is 17.9. The molecule has 0 saturated carbocycles. The Bertz CT molecular complexity index is 1250. The van der Waals surface area contributed by atoms with Gasteiger partial charge in [-0.25, -0.2) is 4.39 Å². The molecule has 1 amide bonds. The van der Waals surface area contributed by atoms with Crippen LogP contribution in [-0.4, -0.2) is 21.4 Å². The normalized spacial score (nSPS) is 15.0. The summed E-state index contributed by atoms with van der Waals surface area (Å²) in [6.07, 6.45) is 7.21. The van der Waals surface area contributed by atoms with Gasteiger partial charge in [-0.2, -0.15) is 0 Å². The highest BCUT2D eigenvalue weighted by Crippen LogP contribution is 2.43. The lowest BCUT2D eigenvalue weighted by molar-refractivity contribution is -0.120. The molecule has 1 atom stereocenters. The molecule has 2 aromatic carbocycles. The minimum atomic E-state index is -1.04. The number of carbonyl (C=O) groups excluding carboxylic acids is 1. The molecule has 4 nitrogen and oxygen atoms in total. The first-order valence-corrected chi connectivity index (χ1v) is 11.8. The molecule has 0 unspecified atom stereocenters. The molecule has 32 heavy (non-hydrogen) atoms. The Hall–Kier alpha value is -3.38. The number of hydrogen-bond donors (Lipinski definition) is 1. The van der Waals surface area contributed by atoms with E-state index in [0.717, 1.165) is 43.9 Å². The molecule has 0 saturated heterocycles. The summed E-state index contributed by atoms with van der Waals surface area (Å²) in [6, 6.07) is 15.9. The van der Waals surface area contributed by atoms with Crippen LogP contribution >= 0.6 is 0 Å². The number of hydrogen-bond acceptors (Lipinski definition) is 3. The minimum absolute atomic E-state index is 0.123. The van der Waals surface area contributed by atoms with E-state index in [1.807, 2.05) is 49.4 Å². The highest BCUT2D eigenvalue weighted by Gasteiger charge is 2.25. The van der Waals surface area contributed by atoms with Gasteiger partial charge in [0.25, 0.3) is 0 Å². The molecular weight excluding hydrogens is 423 g/mol. The molecule has 6 heteroatoms. The van der Waals surface area contributed by atoms with Crippen molar-refractivity contribution in [2.24, 2.45) is 0 Å². The highest BCUT2D eigenvalue weighted by atomic mass is 32.2. The number of nitrogens with zero attached hydrogens (tertiary/aromatic N) is 1. The van der Waals surface area contributed by atoms with Crippen LogP contribution in [0.3, 0.4) is 0 Å². The molecule has 4 rings (SSSR count). The highest BCUT2D eigenvalue weighted by molar-refractivity contribution is 7.84. The van der Waals surface area contributed by atoms with Crippen LogP contribution in [0.4, 0.5) is 4.39 Å². The van der Waals surface area contributed by atoms with Crippen molar-refractivity contribution in [1.29, 1.82) is 0 Å². The van der Waals surface area contributed by atoms with Gasteiger partial charge in [-0.3, -0.25) is 14.0 Å². The van der Waals surface area contributed by atoms with Crippen molar-refractivity contribution in [2.75, 3.05) is 6.26 Å². The van der Waals surface area contributed by atoms with Gasteiger partial charge in [-0.1, -0.05) is 18.2 Å². The zero-order chi connectivity index (χ0) is 22.7. The summed E-state index contributed by atoms with van der Waals surface area (Å²) in [5, 5.41) is 2.93. The number of nitrogens with one attached hydrogen (secondary N) is 1. The van der Waals surface area contributed by atoms with E-state index in [1.165, 1.54) is 12.1 Å². The van der Waals surface area contributed by atoms with Gasteiger partial charge in [0.05, 0.1) is 6.42 Å². The maximum atomic E-state index is 14.1. The standard InChI is InChI=1S/C26H23FN2O2S/c1-17-23(13-18-3-6-21(7-4-18)32(2)31)22-8-5-20(27)14-25(22)24(17)15-26(30)29-16-19-9-11-28-12-10-19/h3-14H,15-16H2,1-2H3,(H,29,30)/b23-13+/t32-/m1/s1. The van der Waals surface area contributed by atoms with E-state index in [9.17, 15) is 13.4 Å². The fourth-order valence-corrected chi connectivity index (χ4v) is 4.35. The summed E-state index contributed by atoms with van der Waals surface area (Å²) >= 11 is 0. The van der Waals surface area contributed by atoms with Crippen molar-refractivity contribution < 1.29 is 13.4 Å². The Kier molecular flexibility index (Phi) is 6.42. The third-order valence-electron chi connectivity index (χ3n) is 5.55. The number of allylic oxidation sites excluding steroid dienone is 2. The molecule has 0 spiro atoms. The minimum Gasteiger partial charge on any atom is -0.352 e. The maximum absolute atomic E-state index is 14.1. The van der Waals surface area contributed by atoms with Crippen molar-refractivity contribution in [3.63, 3.8) is 0 Å². The lowest BCUT2D eigenvalue weighted by Crippen LogP contribution is -2.22. The molecule has 1 aliphatic carbocycles. The third-order valence-corrected chi connectivity index (χ3v) is 6.49. The second-order valence-corrected chi connectivity index (χ2v) is 9.06. The van der Waals surface area contributed by atoms with Crippen LogP contribution in [0.1, 0.15) is 35.6 Å². The van der Waals surface area contributed by atoms with Crippen molar-refractivity contribution >= 4 is 33.9 Å². The topological polar surface area (TPSA) is 59.1 Å². The fourth-order valence-electron chi connectivity index (χ4n) is 3.83. The van der Waals surface area contributed by atoms with E-state index in [2.05, 4.69) is 10.3 Å². The van der Waals surface area contributed by atoms with Crippen molar-refractivity contribution in [2.45, 2.75) is 24.8 Å². The molecule has 1 aliphatic rings. The smallest absolute Gasteiger partial charge is 0.224 e. The summed E-state index contributed by atoms with van der Waals surface area (Å²) in [6.45, 7) is 2.38. The van der Waals surface area contributed by atoms with Gasteiger partial charge in [-0.05, 0) is 88.4 Å². The molecular formula is C26H23FN2O2S. The summed E-state index contributed by atoms with van der Waals surface area (Å²) in [5.74, 6) is -0.454. The number of fused-ring (bicyclic) bond motifs is 1. The summed E-state index contributed by atoms with van der Waals surface area (Å²) in [7, 11) is -1.04. The molecule has 1 heterocycles. The molecule has 0 radical (unpaired) electrons. The largest absolute Gasteiger partial charge is 0.352 e. The number of aromatic nitrogens is 1. The van der Waals surface area contributed by atoms with Crippen LogP contribution < -0.4 is 5.32 Å². The monoisotopic (exact) mass is 446 g/mol. The molecule has 3 aromatic rings. The first-order chi connectivity index (χ1) is 15.4. The average molecular weight is 447 g/mol. The van der Waals surface area contributed by atoms with Crippen LogP contribution in [0.2, 0.25) is 0 Å². The fraction of sp³-hybridized carbons (Fsp3) is 0.154. The Balaban J connectivity index is 1.62. The van der Waals surface area contributed by atoms with Gasteiger partial charge in [0.15, 0.2) is 0 Å². The van der Waals surface area contributed by atoms with Crippen LogP contribution in [0.25, 0.3) is 17.2 Å². The summed E-state index contributed by atoms with van der Waals surface area (Å²) in [5.41, 5.74) is 6.31. The van der Waals surface area contributed by atoms with E-state index in [0.29, 0.717) is 6.54 Å². The SMILES string of the molecule is CC1=C(CC(=O)NCc2ccncc2)c2cc(F)ccc2/C1=C/c1ccc([S@@](C)=O)cc1. The van der Waals surface area contributed by atoms with E-state index in [-0.39, 0.29) is 18.1 Å². The second-order valence-electron chi connectivity index (χ2n) is 7.68. The molecule has 0 bridgehead atoms. The molecule has 1 N–H and O–H groups in total. The lowest BCUT2D eigenvalue weighted by Gasteiger charge is -2.08. The average Bonchev–Trinajstić information content (AvgIpc) is 3.04. The third kappa shape index (κ3) is 4.75. The summed E-state index contributed by atoms with van der Waals surface area (Å²) < 4.78 is 25.7. The maximum Gasteiger partial charge on any atom is 0.224 e.